The summed E-state index contributed by atoms with van der Waals surface area (Å²) >= 11 is 6.82. The molecule has 0 N–H and O–H groups in total. The van der Waals surface area contributed by atoms with Crippen molar-refractivity contribution in [2.45, 2.75) is 13.5 Å². The highest BCUT2D eigenvalue weighted by molar-refractivity contribution is 8.18. The lowest BCUT2D eigenvalue weighted by Crippen LogP contribution is -2.22. The fourth-order valence-electron chi connectivity index (χ4n) is 2.44. The minimum absolute atomic E-state index is 0.279. The van der Waals surface area contributed by atoms with Gasteiger partial charge < -0.3 is 9.47 Å². The van der Waals surface area contributed by atoms with Crippen LogP contribution in [0.5, 0.6) is 11.5 Å². The summed E-state index contributed by atoms with van der Waals surface area (Å²) in [4.78, 5) is 25.1. The molecule has 0 bridgehead atoms. The molecule has 0 atom stereocenters. The molecule has 2 aromatic carbocycles. The van der Waals surface area contributed by atoms with Gasteiger partial charge in [0.1, 0.15) is 6.61 Å². The largest absolute Gasteiger partial charge is 0.490 e. The SMILES string of the molecule is CCOc1cc(/C=C2\SC(=O)N(C)C2=O)ccc1OCc1ccc(Cl)cc1. The fraction of sp³-hybridized carbons (Fsp3) is 0.200. The number of nitrogens with zero attached hydrogens (tertiary/aromatic N) is 1. The molecule has 0 aromatic heterocycles. The maximum atomic E-state index is 12.0. The first-order chi connectivity index (χ1) is 13.0. The van der Waals surface area contributed by atoms with E-state index < -0.39 is 0 Å². The second kappa shape index (κ2) is 8.50. The second-order valence-electron chi connectivity index (χ2n) is 5.80. The van der Waals surface area contributed by atoms with Crippen LogP contribution in [-0.2, 0) is 11.4 Å². The van der Waals surface area contributed by atoms with Crippen LogP contribution in [0.1, 0.15) is 18.1 Å². The van der Waals surface area contributed by atoms with Gasteiger partial charge in [0.05, 0.1) is 11.5 Å². The Morgan fingerprint density at radius 2 is 1.81 bits per heavy atom. The molecule has 2 amide bonds. The summed E-state index contributed by atoms with van der Waals surface area (Å²) in [5, 5.41) is 0.397. The van der Waals surface area contributed by atoms with Crippen molar-refractivity contribution < 1.29 is 19.1 Å². The van der Waals surface area contributed by atoms with Crippen LogP contribution in [0.2, 0.25) is 5.02 Å². The number of carbonyl (C=O) groups is 2. The molecule has 1 fully saturated rings. The first-order valence-electron chi connectivity index (χ1n) is 8.33. The number of amides is 2. The van der Waals surface area contributed by atoms with Crippen molar-refractivity contribution in [3.05, 3.63) is 63.5 Å². The van der Waals surface area contributed by atoms with E-state index in [1.165, 1.54) is 7.05 Å². The zero-order valence-electron chi connectivity index (χ0n) is 14.9. The van der Waals surface area contributed by atoms with E-state index >= 15 is 0 Å². The van der Waals surface area contributed by atoms with Crippen LogP contribution in [0.4, 0.5) is 4.79 Å². The molecule has 0 saturated carbocycles. The van der Waals surface area contributed by atoms with Gasteiger partial charge in [-0.1, -0.05) is 29.8 Å². The fourth-order valence-corrected chi connectivity index (χ4v) is 3.39. The minimum Gasteiger partial charge on any atom is -0.490 e. The summed E-state index contributed by atoms with van der Waals surface area (Å²) < 4.78 is 11.5. The third-order valence-corrected chi connectivity index (χ3v) is 5.07. The molecule has 0 radical (unpaired) electrons. The summed E-state index contributed by atoms with van der Waals surface area (Å²) in [5.41, 5.74) is 1.75. The van der Waals surface area contributed by atoms with Crippen LogP contribution in [0.3, 0.4) is 0 Å². The summed E-state index contributed by atoms with van der Waals surface area (Å²) in [7, 11) is 1.47. The highest BCUT2D eigenvalue weighted by Crippen LogP contribution is 2.34. The molecular weight excluding hydrogens is 386 g/mol. The van der Waals surface area contributed by atoms with E-state index in [9.17, 15) is 9.59 Å². The number of benzene rings is 2. The lowest BCUT2D eigenvalue weighted by Gasteiger charge is -2.13. The highest BCUT2D eigenvalue weighted by Gasteiger charge is 2.31. The molecule has 1 aliphatic rings. The summed E-state index contributed by atoms with van der Waals surface area (Å²) in [6.07, 6.45) is 1.68. The van der Waals surface area contributed by atoms with E-state index in [-0.39, 0.29) is 11.1 Å². The summed E-state index contributed by atoms with van der Waals surface area (Å²) in [6, 6.07) is 12.8. The molecule has 1 aliphatic heterocycles. The summed E-state index contributed by atoms with van der Waals surface area (Å²) in [6.45, 7) is 2.75. The predicted molar refractivity (Wildman–Crippen MR) is 107 cm³/mol. The number of likely N-dealkylation sites (N-methyl/N-ethyl adjacent to an activating group) is 1. The van der Waals surface area contributed by atoms with Crippen molar-refractivity contribution >= 4 is 40.6 Å². The van der Waals surface area contributed by atoms with Gasteiger partial charge in [0.25, 0.3) is 11.1 Å². The van der Waals surface area contributed by atoms with Gasteiger partial charge in [-0.15, -0.1) is 0 Å². The van der Waals surface area contributed by atoms with E-state index in [4.69, 9.17) is 21.1 Å². The maximum Gasteiger partial charge on any atom is 0.293 e. The quantitative estimate of drug-likeness (QED) is 0.636. The number of thioether (sulfide) groups is 1. The Morgan fingerprint density at radius 3 is 2.44 bits per heavy atom. The van der Waals surface area contributed by atoms with Gasteiger partial charge in [0.15, 0.2) is 11.5 Å². The van der Waals surface area contributed by atoms with Gasteiger partial charge in [-0.25, -0.2) is 0 Å². The molecule has 140 valence electrons. The van der Waals surface area contributed by atoms with Crippen molar-refractivity contribution in [1.29, 1.82) is 0 Å². The predicted octanol–water partition coefficient (Wildman–Crippen LogP) is 4.98. The van der Waals surface area contributed by atoms with Crippen LogP contribution in [0.15, 0.2) is 47.4 Å². The molecule has 0 aliphatic carbocycles. The topological polar surface area (TPSA) is 55.8 Å². The molecule has 7 heteroatoms. The van der Waals surface area contributed by atoms with Gasteiger partial charge in [0.2, 0.25) is 0 Å². The number of carbonyl (C=O) groups excluding carboxylic acids is 2. The highest BCUT2D eigenvalue weighted by atomic mass is 35.5. The van der Waals surface area contributed by atoms with Crippen LogP contribution in [0.25, 0.3) is 6.08 Å². The van der Waals surface area contributed by atoms with Gasteiger partial charge in [0, 0.05) is 12.1 Å². The van der Waals surface area contributed by atoms with Gasteiger partial charge in [-0.3, -0.25) is 14.5 Å². The molecule has 1 saturated heterocycles. The Kier molecular flexibility index (Phi) is 6.08. The van der Waals surface area contributed by atoms with E-state index in [1.807, 2.05) is 37.3 Å². The molecule has 2 aromatic rings. The Bertz CT molecular complexity index is 895. The monoisotopic (exact) mass is 403 g/mol. The molecular formula is C20H18ClNO4S. The Labute approximate surface area is 166 Å². The van der Waals surface area contributed by atoms with E-state index in [2.05, 4.69) is 0 Å². The standard InChI is InChI=1S/C20H18ClNO4S/c1-3-25-17-10-14(11-18-19(23)22(2)20(24)27-18)6-9-16(17)26-12-13-4-7-15(21)8-5-13/h4-11H,3,12H2,1-2H3/b18-11-. The third-order valence-electron chi connectivity index (χ3n) is 3.86. The van der Waals surface area contributed by atoms with E-state index in [0.717, 1.165) is 27.8 Å². The lowest BCUT2D eigenvalue weighted by atomic mass is 10.1. The Hall–Kier alpha value is -2.44. The maximum absolute atomic E-state index is 12.0. The molecule has 5 nitrogen and oxygen atoms in total. The van der Waals surface area contributed by atoms with Crippen molar-refractivity contribution in [1.82, 2.24) is 4.90 Å². The van der Waals surface area contributed by atoms with Crippen LogP contribution >= 0.6 is 23.4 Å². The minimum atomic E-state index is -0.300. The molecule has 0 unspecified atom stereocenters. The number of hydrogen-bond acceptors (Lipinski definition) is 5. The smallest absolute Gasteiger partial charge is 0.293 e. The molecule has 1 heterocycles. The average Bonchev–Trinajstić information content (AvgIpc) is 2.89. The van der Waals surface area contributed by atoms with Gasteiger partial charge in [-0.2, -0.15) is 0 Å². The average molecular weight is 404 g/mol. The number of ether oxygens (including phenoxy) is 2. The van der Waals surface area contributed by atoms with Gasteiger partial charge in [-0.05, 0) is 60.2 Å². The summed E-state index contributed by atoms with van der Waals surface area (Å²) in [5.74, 6) is 0.884. The number of hydrogen-bond donors (Lipinski definition) is 0. The third kappa shape index (κ3) is 4.64. The Morgan fingerprint density at radius 1 is 1.07 bits per heavy atom. The molecule has 0 spiro atoms. The number of halogens is 1. The first-order valence-corrected chi connectivity index (χ1v) is 9.53. The normalized spacial score (nSPS) is 15.5. The second-order valence-corrected chi connectivity index (χ2v) is 7.22. The van der Waals surface area contributed by atoms with Crippen molar-refractivity contribution in [2.24, 2.45) is 0 Å². The van der Waals surface area contributed by atoms with Crippen molar-refractivity contribution in [3.8, 4) is 11.5 Å². The molecule has 27 heavy (non-hydrogen) atoms. The lowest BCUT2D eigenvalue weighted by molar-refractivity contribution is -0.121. The first kappa shape index (κ1) is 19.3. The molecule has 3 rings (SSSR count). The zero-order chi connectivity index (χ0) is 19.4. The van der Waals surface area contributed by atoms with Gasteiger partial charge >= 0.3 is 0 Å². The van der Waals surface area contributed by atoms with Crippen LogP contribution in [0, 0.1) is 0 Å². The van der Waals surface area contributed by atoms with Crippen LogP contribution < -0.4 is 9.47 Å². The van der Waals surface area contributed by atoms with E-state index in [0.29, 0.717) is 34.6 Å². The van der Waals surface area contributed by atoms with Crippen molar-refractivity contribution in [2.75, 3.05) is 13.7 Å². The van der Waals surface area contributed by atoms with Crippen LogP contribution in [-0.4, -0.2) is 29.7 Å². The number of rotatable bonds is 6. The van der Waals surface area contributed by atoms with Crippen molar-refractivity contribution in [3.63, 3.8) is 0 Å². The van der Waals surface area contributed by atoms with E-state index in [1.54, 1.807) is 18.2 Å². The number of imide groups is 1. The Balaban J connectivity index is 1.79. The zero-order valence-corrected chi connectivity index (χ0v) is 16.5.